The number of hydrogen-bond donors (Lipinski definition) is 0. The van der Waals surface area contributed by atoms with Crippen LogP contribution in [0.25, 0.3) is 6.08 Å². The van der Waals surface area contributed by atoms with Crippen molar-refractivity contribution >= 4 is 29.1 Å². The van der Waals surface area contributed by atoms with E-state index in [0.717, 1.165) is 23.8 Å². The van der Waals surface area contributed by atoms with E-state index in [9.17, 15) is 25.0 Å². The molecule has 2 aromatic carbocycles. The van der Waals surface area contributed by atoms with Crippen LogP contribution in [0.5, 0.6) is 0 Å². The van der Waals surface area contributed by atoms with E-state index in [1.54, 1.807) is 19.1 Å². The number of hydrogen-bond acceptors (Lipinski definition) is 7. The molecule has 2 rings (SSSR count). The second-order valence-electron chi connectivity index (χ2n) is 5.31. The standard InChI is InChI=1S/C18H15N3O6/c1-2-15(9-8-13-6-4-3-5-7-13)19-27-18(22)14-10-16(20(23)24)12-17(11-14)21(25)26/h3-12H,2H2,1H3. The first kappa shape index (κ1) is 19.4. The van der Waals surface area contributed by atoms with Gasteiger partial charge < -0.3 is 4.84 Å². The SMILES string of the molecule is CCC(C=Cc1ccccc1)=NOC(=O)c1cc([N+](=O)[O-])cc([N+](=O)[O-])c1. The van der Waals surface area contributed by atoms with Gasteiger partial charge in [0.2, 0.25) is 0 Å². The summed E-state index contributed by atoms with van der Waals surface area (Å²) in [6.07, 6.45) is 3.92. The van der Waals surface area contributed by atoms with Crippen LogP contribution in [0, 0.1) is 20.2 Å². The maximum absolute atomic E-state index is 12.1. The number of benzene rings is 2. The van der Waals surface area contributed by atoms with Gasteiger partial charge in [0, 0.05) is 12.1 Å². The van der Waals surface area contributed by atoms with Crippen LogP contribution in [0.2, 0.25) is 0 Å². The molecule has 9 heteroatoms. The number of non-ortho nitro benzene ring substituents is 2. The van der Waals surface area contributed by atoms with E-state index < -0.39 is 27.2 Å². The zero-order valence-electron chi connectivity index (χ0n) is 14.3. The van der Waals surface area contributed by atoms with E-state index in [1.165, 1.54) is 0 Å². The molecule has 0 atom stereocenters. The van der Waals surface area contributed by atoms with Crippen LogP contribution in [0.15, 0.2) is 59.8 Å². The summed E-state index contributed by atoms with van der Waals surface area (Å²) >= 11 is 0. The molecule has 0 unspecified atom stereocenters. The van der Waals surface area contributed by atoms with Crippen molar-refractivity contribution in [3.63, 3.8) is 0 Å². The highest BCUT2D eigenvalue weighted by Crippen LogP contribution is 2.23. The molecule has 0 radical (unpaired) electrons. The fourth-order valence-electron chi connectivity index (χ4n) is 2.05. The van der Waals surface area contributed by atoms with E-state index >= 15 is 0 Å². The molecule has 0 amide bonds. The third-order valence-electron chi connectivity index (χ3n) is 3.44. The highest BCUT2D eigenvalue weighted by atomic mass is 16.7. The lowest BCUT2D eigenvalue weighted by atomic mass is 10.2. The average Bonchev–Trinajstić information content (AvgIpc) is 2.68. The van der Waals surface area contributed by atoms with Gasteiger partial charge in [-0.05, 0) is 18.1 Å². The van der Waals surface area contributed by atoms with Crippen molar-refractivity contribution in [2.75, 3.05) is 0 Å². The van der Waals surface area contributed by atoms with Crippen LogP contribution in [0.4, 0.5) is 11.4 Å². The lowest BCUT2D eigenvalue weighted by molar-refractivity contribution is -0.394. The van der Waals surface area contributed by atoms with Gasteiger partial charge in [-0.25, -0.2) is 4.79 Å². The van der Waals surface area contributed by atoms with Crippen LogP contribution in [0.1, 0.15) is 29.3 Å². The fraction of sp³-hybridized carbons (Fsp3) is 0.111. The monoisotopic (exact) mass is 369 g/mol. The zero-order chi connectivity index (χ0) is 19.8. The minimum atomic E-state index is -1.03. The molecule has 2 aromatic rings. The first-order valence-electron chi connectivity index (χ1n) is 7.86. The van der Waals surface area contributed by atoms with Crippen molar-refractivity contribution in [3.8, 4) is 0 Å². The largest absolute Gasteiger partial charge is 0.366 e. The topological polar surface area (TPSA) is 125 Å². The maximum atomic E-state index is 12.1. The molecule has 0 saturated heterocycles. The second-order valence-corrected chi connectivity index (χ2v) is 5.31. The number of rotatable bonds is 7. The first-order chi connectivity index (χ1) is 12.9. The minimum absolute atomic E-state index is 0.331. The Morgan fingerprint density at radius 2 is 1.67 bits per heavy atom. The summed E-state index contributed by atoms with van der Waals surface area (Å²) in [6.45, 7) is 1.81. The molecule has 27 heavy (non-hydrogen) atoms. The number of carbonyl (C=O) groups is 1. The number of carbonyl (C=O) groups excluding carboxylic acids is 1. The van der Waals surface area contributed by atoms with Gasteiger partial charge in [-0.15, -0.1) is 0 Å². The van der Waals surface area contributed by atoms with Crippen molar-refractivity contribution < 1.29 is 19.5 Å². The van der Waals surface area contributed by atoms with Gasteiger partial charge in [-0.2, -0.15) is 0 Å². The summed E-state index contributed by atoms with van der Waals surface area (Å²) in [5, 5.41) is 25.5. The predicted molar refractivity (Wildman–Crippen MR) is 98.4 cm³/mol. The molecule has 0 aromatic heterocycles. The van der Waals surface area contributed by atoms with Gasteiger partial charge >= 0.3 is 5.97 Å². The van der Waals surface area contributed by atoms with Crippen molar-refractivity contribution in [2.24, 2.45) is 5.16 Å². The van der Waals surface area contributed by atoms with Crippen molar-refractivity contribution in [1.29, 1.82) is 0 Å². The van der Waals surface area contributed by atoms with Gasteiger partial charge in [0.15, 0.2) is 0 Å². The number of allylic oxidation sites excluding steroid dienone is 1. The molecule has 0 spiro atoms. The molecule has 0 aliphatic rings. The highest BCUT2D eigenvalue weighted by molar-refractivity contribution is 5.98. The third-order valence-corrected chi connectivity index (χ3v) is 3.44. The number of nitrogens with zero attached hydrogens (tertiary/aromatic N) is 3. The molecule has 0 N–H and O–H groups in total. The minimum Gasteiger partial charge on any atom is -0.313 e. The Kier molecular flexibility index (Phi) is 6.48. The van der Waals surface area contributed by atoms with Crippen LogP contribution < -0.4 is 0 Å². The first-order valence-corrected chi connectivity index (χ1v) is 7.86. The lowest BCUT2D eigenvalue weighted by Crippen LogP contribution is -2.05. The third kappa shape index (κ3) is 5.56. The summed E-state index contributed by atoms with van der Waals surface area (Å²) in [6, 6.07) is 12.0. The van der Waals surface area contributed by atoms with E-state index in [2.05, 4.69) is 5.16 Å². The lowest BCUT2D eigenvalue weighted by Gasteiger charge is -2.01. The zero-order valence-corrected chi connectivity index (χ0v) is 14.3. The predicted octanol–water partition coefficient (Wildman–Crippen LogP) is 4.14. The molecule has 9 nitrogen and oxygen atoms in total. The molecular weight excluding hydrogens is 354 g/mol. The Hall–Kier alpha value is -3.88. The molecule has 0 aliphatic carbocycles. The quantitative estimate of drug-likeness (QED) is 0.312. The summed E-state index contributed by atoms with van der Waals surface area (Å²) in [5.74, 6) is -1.03. The fourth-order valence-corrected chi connectivity index (χ4v) is 2.05. The molecule has 0 saturated carbocycles. The Morgan fingerprint density at radius 3 is 2.19 bits per heavy atom. The Balaban J connectivity index is 2.20. The molecule has 138 valence electrons. The van der Waals surface area contributed by atoms with Gasteiger partial charge in [0.25, 0.3) is 11.4 Å². The highest BCUT2D eigenvalue weighted by Gasteiger charge is 2.21. The Labute approximate surface area is 153 Å². The normalized spacial score (nSPS) is 11.4. The number of nitro benzene ring substituents is 2. The molecular formula is C18H15N3O6. The van der Waals surface area contributed by atoms with Gasteiger partial charge in [0.05, 0.1) is 27.2 Å². The van der Waals surface area contributed by atoms with Crippen molar-refractivity contribution in [1.82, 2.24) is 0 Å². The second kappa shape index (κ2) is 8.99. The summed E-state index contributed by atoms with van der Waals surface area (Å²) in [7, 11) is 0. The summed E-state index contributed by atoms with van der Waals surface area (Å²) in [4.78, 5) is 37.0. The summed E-state index contributed by atoms with van der Waals surface area (Å²) in [5.41, 5.74) is -0.117. The Bertz CT molecular complexity index is 890. The van der Waals surface area contributed by atoms with Crippen LogP contribution in [-0.2, 0) is 4.84 Å². The van der Waals surface area contributed by atoms with Crippen molar-refractivity contribution in [2.45, 2.75) is 13.3 Å². The molecule has 0 bridgehead atoms. The van der Waals surface area contributed by atoms with Crippen LogP contribution in [-0.4, -0.2) is 21.5 Å². The van der Waals surface area contributed by atoms with E-state index in [1.807, 2.05) is 30.3 Å². The van der Waals surface area contributed by atoms with Gasteiger partial charge in [0.1, 0.15) is 0 Å². The van der Waals surface area contributed by atoms with Crippen LogP contribution in [0.3, 0.4) is 0 Å². The van der Waals surface area contributed by atoms with Gasteiger partial charge in [-0.1, -0.05) is 48.5 Å². The number of oxime groups is 1. The molecule has 0 fully saturated rings. The van der Waals surface area contributed by atoms with Crippen molar-refractivity contribution in [3.05, 3.63) is 86.0 Å². The van der Waals surface area contributed by atoms with Crippen LogP contribution >= 0.6 is 0 Å². The molecule has 0 aliphatic heterocycles. The smallest absolute Gasteiger partial charge is 0.313 e. The molecule has 0 heterocycles. The Morgan fingerprint density at radius 1 is 1.07 bits per heavy atom. The number of nitro groups is 2. The maximum Gasteiger partial charge on any atom is 0.366 e. The van der Waals surface area contributed by atoms with Gasteiger partial charge in [-0.3, -0.25) is 20.2 Å². The average molecular weight is 369 g/mol. The van der Waals surface area contributed by atoms with E-state index in [-0.39, 0.29) is 5.56 Å². The van der Waals surface area contributed by atoms with E-state index in [4.69, 9.17) is 4.84 Å². The summed E-state index contributed by atoms with van der Waals surface area (Å²) < 4.78 is 0. The van der Waals surface area contributed by atoms with E-state index in [0.29, 0.717) is 12.1 Å².